The summed E-state index contributed by atoms with van der Waals surface area (Å²) in [6, 6.07) is 6.87. The monoisotopic (exact) mass is 497 g/mol. The molecule has 34 heavy (non-hydrogen) atoms. The van der Waals surface area contributed by atoms with Gasteiger partial charge in [-0.05, 0) is 11.6 Å². The van der Waals surface area contributed by atoms with E-state index in [2.05, 4.69) is 15.3 Å². The van der Waals surface area contributed by atoms with E-state index in [1.54, 1.807) is 11.0 Å². The number of halogens is 3. The lowest BCUT2D eigenvalue weighted by molar-refractivity contribution is -0.384. The van der Waals surface area contributed by atoms with E-state index in [0.29, 0.717) is 42.8 Å². The van der Waals surface area contributed by atoms with Crippen molar-refractivity contribution in [1.29, 1.82) is 0 Å². The maximum absolute atomic E-state index is 13.3. The molecule has 0 atom stereocenters. The molecule has 3 aromatic rings. The SMILES string of the molecule is O=C(O)OC1CCN(c2nc(NCc3cccc([N+](=O)[O-])c3)c3cc(C(F)(F)F)sc3n2)CC1. The average molecular weight is 497 g/mol. The van der Waals surface area contributed by atoms with Gasteiger partial charge in [0.15, 0.2) is 0 Å². The van der Waals surface area contributed by atoms with Gasteiger partial charge in [0.25, 0.3) is 5.69 Å². The van der Waals surface area contributed by atoms with Crippen molar-refractivity contribution in [3.05, 3.63) is 50.9 Å². The number of nitro benzene ring substituents is 1. The Morgan fingerprint density at radius 2 is 2.03 bits per heavy atom. The molecule has 3 heterocycles. The Morgan fingerprint density at radius 3 is 2.68 bits per heavy atom. The van der Waals surface area contributed by atoms with E-state index < -0.39 is 28.2 Å². The van der Waals surface area contributed by atoms with Crippen molar-refractivity contribution in [2.24, 2.45) is 0 Å². The third kappa shape index (κ3) is 5.27. The average Bonchev–Trinajstić information content (AvgIpc) is 3.23. The summed E-state index contributed by atoms with van der Waals surface area (Å²) >= 11 is 0.499. The molecule has 1 aliphatic rings. The fourth-order valence-corrected chi connectivity index (χ4v) is 4.50. The van der Waals surface area contributed by atoms with Crippen LogP contribution in [0.5, 0.6) is 0 Å². The zero-order valence-electron chi connectivity index (χ0n) is 17.4. The number of nitro groups is 1. The van der Waals surface area contributed by atoms with Crippen molar-refractivity contribution >= 4 is 45.2 Å². The Balaban J connectivity index is 1.62. The number of hydrogen-bond acceptors (Lipinski definition) is 9. The second-order valence-electron chi connectivity index (χ2n) is 7.55. The molecule has 180 valence electrons. The van der Waals surface area contributed by atoms with Crippen LogP contribution in [0, 0.1) is 10.1 Å². The number of benzene rings is 1. The molecular weight excluding hydrogens is 479 g/mol. The first-order chi connectivity index (χ1) is 16.1. The number of carbonyl (C=O) groups is 1. The quantitative estimate of drug-likeness (QED) is 0.277. The lowest BCUT2D eigenvalue weighted by Gasteiger charge is -2.31. The van der Waals surface area contributed by atoms with Crippen LogP contribution in [-0.4, -0.2) is 45.3 Å². The van der Waals surface area contributed by atoms with Crippen molar-refractivity contribution in [3.8, 4) is 0 Å². The van der Waals surface area contributed by atoms with Gasteiger partial charge in [0.1, 0.15) is 21.6 Å². The number of nitrogens with one attached hydrogen (secondary N) is 1. The Labute approximate surface area is 194 Å². The number of thiophene rings is 1. The highest BCUT2D eigenvalue weighted by Crippen LogP contribution is 2.40. The van der Waals surface area contributed by atoms with E-state index in [1.807, 2.05) is 0 Å². The van der Waals surface area contributed by atoms with Crippen molar-refractivity contribution < 1.29 is 32.7 Å². The van der Waals surface area contributed by atoms with E-state index >= 15 is 0 Å². The first-order valence-corrected chi connectivity index (χ1v) is 10.9. The first-order valence-electron chi connectivity index (χ1n) is 10.1. The first kappa shape index (κ1) is 23.5. The van der Waals surface area contributed by atoms with Crippen LogP contribution in [0.15, 0.2) is 30.3 Å². The van der Waals surface area contributed by atoms with E-state index in [0.717, 1.165) is 6.07 Å². The van der Waals surface area contributed by atoms with Crippen molar-refractivity contribution in [3.63, 3.8) is 0 Å². The van der Waals surface area contributed by atoms with Gasteiger partial charge in [-0.25, -0.2) is 9.78 Å². The number of aromatic nitrogens is 2. The van der Waals surface area contributed by atoms with Gasteiger partial charge in [-0.2, -0.15) is 18.2 Å². The largest absolute Gasteiger partial charge is 0.506 e. The Bertz CT molecular complexity index is 1230. The van der Waals surface area contributed by atoms with Crippen LogP contribution in [-0.2, 0) is 17.5 Å². The molecule has 0 saturated carbocycles. The number of nitrogens with zero attached hydrogens (tertiary/aromatic N) is 4. The minimum atomic E-state index is -4.55. The highest BCUT2D eigenvalue weighted by molar-refractivity contribution is 7.18. The smallest absolute Gasteiger partial charge is 0.450 e. The third-order valence-electron chi connectivity index (χ3n) is 5.23. The van der Waals surface area contributed by atoms with Crippen LogP contribution in [0.25, 0.3) is 10.2 Å². The highest BCUT2D eigenvalue weighted by atomic mass is 32.1. The van der Waals surface area contributed by atoms with Crippen LogP contribution in [0.4, 0.5) is 35.4 Å². The van der Waals surface area contributed by atoms with E-state index in [9.17, 15) is 28.1 Å². The molecule has 0 spiro atoms. The second kappa shape index (κ2) is 9.29. The molecule has 2 N–H and O–H groups in total. The van der Waals surface area contributed by atoms with Gasteiger partial charge in [0.2, 0.25) is 5.95 Å². The van der Waals surface area contributed by atoms with Gasteiger partial charge in [-0.3, -0.25) is 10.1 Å². The van der Waals surface area contributed by atoms with Crippen molar-refractivity contribution in [2.75, 3.05) is 23.3 Å². The molecule has 0 amide bonds. The van der Waals surface area contributed by atoms with Crippen molar-refractivity contribution in [1.82, 2.24) is 9.97 Å². The fourth-order valence-electron chi connectivity index (χ4n) is 3.61. The summed E-state index contributed by atoms with van der Waals surface area (Å²) in [4.78, 5) is 31.1. The molecule has 10 nitrogen and oxygen atoms in total. The summed E-state index contributed by atoms with van der Waals surface area (Å²) in [6.45, 7) is 0.829. The minimum absolute atomic E-state index is 0.0962. The van der Waals surface area contributed by atoms with Crippen LogP contribution < -0.4 is 10.2 Å². The van der Waals surface area contributed by atoms with E-state index in [4.69, 9.17) is 9.84 Å². The van der Waals surface area contributed by atoms with Gasteiger partial charge in [-0.15, -0.1) is 11.3 Å². The van der Waals surface area contributed by atoms with Crippen LogP contribution in [0.1, 0.15) is 23.3 Å². The highest BCUT2D eigenvalue weighted by Gasteiger charge is 2.34. The van der Waals surface area contributed by atoms with Gasteiger partial charge < -0.3 is 20.1 Å². The molecule has 2 aromatic heterocycles. The number of rotatable bonds is 6. The van der Waals surface area contributed by atoms with Crippen LogP contribution in [0.2, 0.25) is 0 Å². The minimum Gasteiger partial charge on any atom is -0.450 e. The zero-order valence-corrected chi connectivity index (χ0v) is 18.2. The number of hydrogen-bond donors (Lipinski definition) is 2. The van der Waals surface area contributed by atoms with Gasteiger partial charge in [0, 0.05) is 44.6 Å². The number of piperidine rings is 1. The van der Waals surface area contributed by atoms with E-state index in [1.165, 1.54) is 18.2 Å². The maximum atomic E-state index is 13.3. The predicted molar refractivity (Wildman–Crippen MR) is 117 cm³/mol. The Kier molecular flexibility index (Phi) is 6.41. The number of carboxylic acid groups (broad SMARTS) is 1. The van der Waals surface area contributed by atoms with Gasteiger partial charge in [-0.1, -0.05) is 12.1 Å². The second-order valence-corrected chi connectivity index (χ2v) is 8.58. The maximum Gasteiger partial charge on any atom is 0.506 e. The fraction of sp³-hybridized carbons (Fsp3) is 0.350. The molecule has 1 aromatic carbocycles. The van der Waals surface area contributed by atoms with Crippen LogP contribution >= 0.6 is 11.3 Å². The molecule has 0 unspecified atom stereocenters. The van der Waals surface area contributed by atoms with E-state index in [-0.39, 0.29) is 34.2 Å². The third-order valence-corrected chi connectivity index (χ3v) is 6.31. The summed E-state index contributed by atoms with van der Waals surface area (Å²) in [7, 11) is 0. The van der Waals surface area contributed by atoms with Gasteiger partial charge >= 0.3 is 12.3 Å². The Hall–Kier alpha value is -3.68. The number of fused-ring (bicyclic) bond motifs is 1. The molecule has 14 heteroatoms. The molecule has 0 radical (unpaired) electrons. The summed E-state index contributed by atoms with van der Waals surface area (Å²) in [5.41, 5.74) is 0.453. The topological polar surface area (TPSA) is 131 Å². The molecular formula is C20H18F3N5O5S. The zero-order chi connectivity index (χ0) is 24.5. The number of ether oxygens (including phenoxy) is 1. The predicted octanol–water partition coefficient (Wildman–Crippen LogP) is 4.89. The standard InChI is InChI=1S/C20H18F3N5O5S/c21-20(22,23)15-9-14-16(24-10-11-2-1-3-12(8-11)28(31)32)25-18(26-17(14)34-15)27-6-4-13(5-7-27)33-19(29)30/h1-3,8-9,13H,4-7,10H2,(H,29,30)(H,24,25,26). The van der Waals surface area contributed by atoms with Crippen molar-refractivity contribution in [2.45, 2.75) is 31.7 Å². The Morgan fingerprint density at radius 1 is 1.29 bits per heavy atom. The number of non-ortho nitro benzene ring substituents is 1. The molecule has 0 aliphatic carbocycles. The summed E-state index contributed by atoms with van der Waals surface area (Å²) in [5, 5.41) is 23.0. The summed E-state index contributed by atoms with van der Waals surface area (Å²) in [5.74, 6) is 0.376. The van der Waals surface area contributed by atoms with Crippen LogP contribution in [0.3, 0.4) is 0 Å². The lowest BCUT2D eigenvalue weighted by atomic mass is 10.1. The van der Waals surface area contributed by atoms with Gasteiger partial charge in [0.05, 0.1) is 10.3 Å². The summed E-state index contributed by atoms with van der Waals surface area (Å²) in [6.07, 6.45) is -5.59. The molecule has 4 rings (SSSR count). The normalized spacial score (nSPS) is 14.9. The molecule has 1 aliphatic heterocycles. The molecule has 1 saturated heterocycles. The lowest BCUT2D eigenvalue weighted by Crippen LogP contribution is -2.38. The number of anilines is 2. The molecule has 1 fully saturated rings. The molecule has 0 bridgehead atoms. The summed E-state index contributed by atoms with van der Waals surface area (Å²) < 4.78 is 44.8. The number of alkyl halides is 3.